The third-order valence-corrected chi connectivity index (χ3v) is 2.74. The van der Waals surface area contributed by atoms with Crippen LogP contribution in [0, 0.1) is 0 Å². The van der Waals surface area contributed by atoms with Gasteiger partial charge in [-0.1, -0.05) is 0 Å². The summed E-state index contributed by atoms with van der Waals surface area (Å²) < 4.78 is 0.866. The predicted octanol–water partition coefficient (Wildman–Crippen LogP) is 2.10. The normalized spacial score (nSPS) is 11.2. The highest BCUT2D eigenvalue weighted by Gasteiger charge is 2.20. The molecule has 16 heavy (non-hydrogen) atoms. The molecule has 0 saturated heterocycles. The van der Waals surface area contributed by atoms with Gasteiger partial charge in [0.25, 0.3) is 0 Å². The summed E-state index contributed by atoms with van der Waals surface area (Å²) >= 11 is 3.41. The van der Waals surface area contributed by atoms with Gasteiger partial charge >= 0.3 is 0 Å². The Balaban J connectivity index is 2.83. The Hall–Kier alpha value is -1.23. The second-order valence-corrected chi connectivity index (χ2v) is 5.25. The van der Waals surface area contributed by atoms with Crippen LogP contribution < -0.4 is 16.8 Å². The van der Waals surface area contributed by atoms with E-state index in [-0.39, 0.29) is 17.9 Å². The van der Waals surface area contributed by atoms with E-state index in [0.29, 0.717) is 5.69 Å². The fourth-order valence-electron chi connectivity index (χ4n) is 1.48. The molecule has 1 amide bonds. The summed E-state index contributed by atoms with van der Waals surface area (Å²) in [5.41, 5.74) is 12.0. The van der Waals surface area contributed by atoms with Crippen LogP contribution in [0.1, 0.15) is 20.3 Å². The summed E-state index contributed by atoms with van der Waals surface area (Å²) in [6.07, 6.45) is 0.268. The van der Waals surface area contributed by atoms with Crippen LogP contribution in [0.5, 0.6) is 0 Å². The average Bonchev–Trinajstić information content (AvgIpc) is 2.07. The topological polar surface area (TPSA) is 81.1 Å². The Morgan fingerprint density at radius 1 is 1.50 bits per heavy atom. The Morgan fingerprint density at radius 2 is 2.12 bits per heavy atom. The standard InChI is InChI=1S/C11H16BrN3O/c1-11(2,6-10(14)16)15-9-4-3-7(13)5-8(9)12/h3-5,15H,6,13H2,1-2H3,(H2,14,16). The van der Waals surface area contributed by atoms with E-state index in [1.54, 1.807) is 6.07 Å². The van der Waals surface area contributed by atoms with Crippen molar-refractivity contribution in [3.05, 3.63) is 22.7 Å². The third kappa shape index (κ3) is 3.73. The number of hydrogen-bond acceptors (Lipinski definition) is 3. The van der Waals surface area contributed by atoms with E-state index in [4.69, 9.17) is 11.5 Å². The van der Waals surface area contributed by atoms with Crippen molar-refractivity contribution in [1.29, 1.82) is 0 Å². The molecule has 0 saturated carbocycles. The lowest BCUT2D eigenvalue weighted by atomic mass is 10.00. The lowest BCUT2D eigenvalue weighted by Crippen LogP contribution is -2.36. The molecule has 5 N–H and O–H groups in total. The second kappa shape index (κ2) is 4.74. The number of rotatable bonds is 4. The van der Waals surface area contributed by atoms with Crippen molar-refractivity contribution in [2.45, 2.75) is 25.8 Å². The number of nitrogens with two attached hydrogens (primary N) is 2. The molecule has 0 aromatic heterocycles. The van der Waals surface area contributed by atoms with E-state index in [1.165, 1.54) is 0 Å². The SMILES string of the molecule is CC(C)(CC(N)=O)Nc1ccc(N)cc1Br. The van der Waals surface area contributed by atoms with Gasteiger partial charge in [0.2, 0.25) is 5.91 Å². The molecule has 1 aromatic carbocycles. The molecule has 4 nitrogen and oxygen atoms in total. The number of primary amides is 1. The van der Waals surface area contributed by atoms with Crippen LogP contribution >= 0.6 is 15.9 Å². The lowest BCUT2D eigenvalue weighted by molar-refractivity contribution is -0.118. The maximum absolute atomic E-state index is 10.9. The Kier molecular flexibility index (Phi) is 3.80. The zero-order valence-corrected chi connectivity index (χ0v) is 11.0. The fourth-order valence-corrected chi connectivity index (χ4v) is 1.97. The molecular weight excluding hydrogens is 270 g/mol. The van der Waals surface area contributed by atoms with Gasteiger partial charge < -0.3 is 16.8 Å². The van der Waals surface area contributed by atoms with E-state index in [0.717, 1.165) is 10.2 Å². The molecule has 5 heteroatoms. The maximum Gasteiger partial charge on any atom is 0.219 e. The average molecular weight is 286 g/mol. The number of hydrogen-bond donors (Lipinski definition) is 3. The molecule has 0 aliphatic rings. The van der Waals surface area contributed by atoms with Crippen molar-refractivity contribution < 1.29 is 4.79 Å². The summed E-state index contributed by atoms with van der Waals surface area (Å²) in [7, 11) is 0. The molecule has 0 aliphatic carbocycles. The molecule has 88 valence electrons. The minimum atomic E-state index is -0.384. The molecule has 0 unspecified atom stereocenters. The van der Waals surface area contributed by atoms with Crippen LogP contribution in [0.25, 0.3) is 0 Å². The minimum absolute atomic E-state index is 0.268. The lowest BCUT2D eigenvalue weighted by Gasteiger charge is -2.26. The molecule has 0 bridgehead atoms. The summed E-state index contributed by atoms with van der Waals surface area (Å²) in [4.78, 5) is 10.9. The van der Waals surface area contributed by atoms with E-state index < -0.39 is 0 Å². The number of nitrogens with one attached hydrogen (secondary N) is 1. The second-order valence-electron chi connectivity index (χ2n) is 4.39. The van der Waals surface area contributed by atoms with Crippen LogP contribution in [0.4, 0.5) is 11.4 Å². The molecule has 1 rings (SSSR count). The van der Waals surface area contributed by atoms with Crippen molar-refractivity contribution >= 4 is 33.2 Å². The first-order valence-electron chi connectivity index (χ1n) is 4.92. The van der Waals surface area contributed by atoms with Gasteiger partial charge in [-0.15, -0.1) is 0 Å². The maximum atomic E-state index is 10.9. The predicted molar refractivity (Wildman–Crippen MR) is 70.1 cm³/mol. The molecule has 0 heterocycles. The van der Waals surface area contributed by atoms with Crippen molar-refractivity contribution in [3.8, 4) is 0 Å². The number of benzene rings is 1. The number of carbonyl (C=O) groups excluding carboxylic acids is 1. The van der Waals surface area contributed by atoms with Crippen molar-refractivity contribution in [3.63, 3.8) is 0 Å². The van der Waals surface area contributed by atoms with E-state index >= 15 is 0 Å². The summed E-state index contributed by atoms with van der Waals surface area (Å²) in [5, 5.41) is 3.24. The van der Waals surface area contributed by atoms with Crippen molar-refractivity contribution in [2.24, 2.45) is 5.73 Å². The summed E-state index contributed by atoms with van der Waals surface area (Å²) in [5.74, 6) is -0.330. The van der Waals surface area contributed by atoms with Gasteiger partial charge in [0.05, 0.1) is 0 Å². The first kappa shape index (κ1) is 12.8. The van der Waals surface area contributed by atoms with E-state index in [2.05, 4.69) is 21.2 Å². The largest absolute Gasteiger partial charge is 0.399 e. The van der Waals surface area contributed by atoms with Crippen molar-refractivity contribution in [2.75, 3.05) is 11.1 Å². The highest BCUT2D eigenvalue weighted by molar-refractivity contribution is 9.10. The van der Waals surface area contributed by atoms with Crippen molar-refractivity contribution in [1.82, 2.24) is 0 Å². The van der Waals surface area contributed by atoms with Crippen LogP contribution in [0.3, 0.4) is 0 Å². The van der Waals surface area contributed by atoms with Gasteiger partial charge in [-0.2, -0.15) is 0 Å². The highest BCUT2D eigenvalue weighted by atomic mass is 79.9. The van der Waals surface area contributed by atoms with Crippen LogP contribution in [-0.2, 0) is 4.79 Å². The number of anilines is 2. The first-order chi connectivity index (χ1) is 7.30. The molecule has 0 aliphatic heterocycles. The number of nitrogen functional groups attached to an aromatic ring is 1. The number of carbonyl (C=O) groups is 1. The molecular formula is C11H16BrN3O. The fraction of sp³-hybridized carbons (Fsp3) is 0.364. The number of amides is 1. The van der Waals surface area contributed by atoms with Crippen LogP contribution in [-0.4, -0.2) is 11.4 Å². The van der Waals surface area contributed by atoms with Gasteiger partial charge in [-0.3, -0.25) is 4.79 Å². The molecule has 1 aromatic rings. The molecule has 0 atom stereocenters. The summed E-state index contributed by atoms with van der Waals surface area (Å²) in [6, 6.07) is 5.47. The van der Waals surface area contributed by atoms with Gasteiger partial charge in [0.1, 0.15) is 0 Å². The number of halogens is 1. The monoisotopic (exact) mass is 285 g/mol. The zero-order chi connectivity index (χ0) is 12.3. The molecule has 0 fully saturated rings. The van der Waals surface area contributed by atoms with Gasteiger partial charge in [0.15, 0.2) is 0 Å². The first-order valence-corrected chi connectivity index (χ1v) is 5.71. The summed E-state index contributed by atoms with van der Waals surface area (Å²) in [6.45, 7) is 3.83. The van der Waals surface area contributed by atoms with E-state index in [9.17, 15) is 4.79 Å². The Morgan fingerprint density at radius 3 is 2.62 bits per heavy atom. The zero-order valence-electron chi connectivity index (χ0n) is 9.38. The quantitative estimate of drug-likeness (QED) is 0.741. The molecule has 0 spiro atoms. The van der Waals surface area contributed by atoms with E-state index in [1.807, 2.05) is 26.0 Å². The highest BCUT2D eigenvalue weighted by Crippen LogP contribution is 2.28. The van der Waals surface area contributed by atoms with Gasteiger partial charge in [0, 0.05) is 27.8 Å². The third-order valence-electron chi connectivity index (χ3n) is 2.08. The molecule has 0 radical (unpaired) electrons. The van der Waals surface area contributed by atoms with Gasteiger partial charge in [-0.25, -0.2) is 0 Å². The Labute approximate surface area is 104 Å². The minimum Gasteiger partial charge on any atom is -0.399 e. The van der Waals surface area contributed by atoms with Crippen LogP contribution in [0.15, 0.2) is 22.7 Å². The van der Waals surface area contributed by atoms with Crippen LogP contribution in [0.2, 0.25) is 0 Å². The van der Waals surface area contributed by atoms with Gasteiger partial charge in [-0.05, 0) is 48.0 Å². The smallest absolute Gasteiger partial charge is 0.219 e. The Bertz CT molecular complexity index is 404.